The molecule has 20 heavy (non-hydrogen) atoms. The summed E-state index contributed by atoms with van der Waals surface area (Å²) in [6, 6.07) is 3.37. The Morgan fingerprint density at radius 3 is 2.85 bits per heavy atom. The number of aromatic nitrogens is 3. The highest BCUT2D eigenvalue weighted by molar-refractivity contribution is 14.1. The second kappa shape index (κ2) is 4.78. The molecule has 0 saturated heterocycles. The normalized spacial score (nSPS) is 11.2. The maximum absolute atomic E-state index is 12.2. The molecule has 0 amide bonds. The highest BCUT2D eigenvalue weighted by Gasteiger charge is 2.16. The maximum atomic E-state index is 12.2. The summed E-state index contributed by atoms with van der Waals surface area (Å²) < 4.78 is 2.38. The van der Waals surface area contributed by atoms with E-state index in [1.54, 1.807) is 30.1 Å². The minimum atomic E-state index is -0.375. The fourth-order valence-electron chi connectivity index (χ4n) is 2.09. The Balaban J connectivity index is 2.40. The van der Waals surface area contributed by atoms with Gasteiger partial charge in [0.1, 0.15) is 5.75 Å². The van der Waals surface area contributed by atoms with E-state index in [4.69, 9.17) is 11.6 Å². The molecule has 0 fully saturated rings. The van der Waals surface area contributed by atoms with Crippen molar-refractivity contribution in [2.75, 3.05) is 0 Å². The van der Waals surface area contributed by atoms with Crippen molar-refractivity contribution in [3.05, 3.63) is 43.5 Å². The summed E-state index contributed by atoms with van der Waals surface area (Å²) >= 11 is 8.10. The van der Waals surface area contributed by atoms with Crippen molar-refractivity contribution in [2.24, 2.45) is 7.05 Å². The summed E-state index contributed by atoms with van der Waals surface area (Å²) in [6.45, 7) is 0. The first-order chi connectivity index (χ1) is 9.47. The second-order valence-corrected chi connectivity index (χ2v) is 5.96. The Kier molecular flexibility index (Phi) is 3.21. The van der Waals surface area contributed by atoms with Crippen LogP contribution in [0.25, 0.3) is 22.0 Å². The lowest BCUT2D eigenvalue weighted by molar-refractivity contribution is 0.482. The largest absolute Gasteiger partial charge is 0.506 e. The van der Waals surface area contributed by atoms with E-state index in [0.717, 1.165) is 3.57 Å². The summed E-state index contributed by atoms with van der Waals surface area (Å²) in [6.07, 6.45) is 3.22. The molecule has 2 heterocycles. The summed E-state index contributed by atoms with van der Waals surface area (Å²) in [5.74, 6) is -0.0636. The van der Waals surface area contributed by atoms with Crippen molar-refractivity contribution in [1.82, 2.24) is 14.8 Å². The van der Waals surface area contributed by atoms with Crippen LogP contribution in [-0.2, 0) is 7.05 Å². The van der Waals surface area contributed by atoms with E-state index in [-0.39, 0.29) is 16.9 Å². The molecular weight excluding hydrogens is 393 g/mol. The minimum absolute atomic E-state index is 0.0636. The molecule has 0 radical (unpaired) electrons. The number of nitrogens with one attached hydrogen (secondary N) is 1. The van der Waals surface area contributed by atoms with Crippen LogP contribution in [0.4, 0.5) is 0 Å². The zero-order valence-corrected chi connectivity index (χ0v) is 13.2. The van der Waals surface area contributed by atoms with Crippen LogP contribution in [-0.4, -0.2) is 19.9 Å². The topological polar surface area (TPSA) is 70.9 Å². The summed E-state index contributed by atoms with van der Waals surface area (Å²) in [5, 5.41) is 15.5. The first-order valence-electron chi connectivity index (χ1n) is 5.70. The van der Waals surface area contributed by atoms with Gasteiger partial charge in [0.25, 0.3) is 5.56 Å². The van der Waals surface area contributed by atoms with Gasteiger partial charge >= 0.3 is 0 Å². The number of nitrogens with zero attached hydrogens (tertiary/aromatic N) is 2. The van der Waals surface area contributed by atoms with Gasteiger partial charge in [-0.05, 0) is 34.7 Å². The first kappa shape index (κ1) is 13.4. The molecule has 2 N–H and O–H groups in total. The molecule has 0 spiro atoms. The van der Waals surface area contributed by atoms with Crippen molar-refractivity contribution < 1.29 is 5.11 Å². The van der Waals surface area contributed by atoms with Crippen molar-refractivity contribution in [1.29, 1.82) is 0 Å². The molecule has 1 aromatic carbocycles. The minimum Gasteiger partial charge on any atom is -0.506 e. The van der Waals surface area contributed by atoms with Crippen LogP contribution < -0.4 is 5.56 Å². The Bertz CT molecular complexity index is 885. The quantitative estimate of drug-likeness (QED) is 0.616. The van der Waals surface area contributed by atoms with E-state index in [0.29, 0.717) is 21.5 Å². The third-order valence-electron chi connectivity index (χ3n) is 3.02. The zero-order chi connectivity index (χ0) is 14.4. The van der Waals surface area contributed by atoms with E-state index in [1.165, 1.54) is 6.20 Å². The first-order valence-corrected chi connectivity index (χ1v) is 7.16. The molecule has 0 unspecified atom stereocenters. The van der Waals surface area contributed by atoms with Crippen LogP contribution in [0, 0.1) is 3.57 Å². The van der Waals surface area contributed by atoms with Crippen LogP contribution in [0.3, 0.4) is 0 Å². The van der Waals surface area contributed by atoms with Crippen LogP contribution in [0.5, 0.6) is 5.75 Å². The summed E-state index contributed by atoms with van der Waals surface area (Å²) in [7, 11) is 1.75. The van der Waals surface area contributed by atoms with E-state index in [1.807, 2.05) is 0 Å². The standard InChI is InChI=1S/C13H9ClIN3O2/c1-18-5-6(4-16-18)11-12(19)7-2-9(15)8(14)3-10(7)17-13(11)20/h2-5H,1H3,(H2,17,19,20). The molecular formula is C13H9ClIN3O2. The Morgan fingerprint density at radius 1 is 1.45 bits per heavy atom. The molecule has 102 valence electrons. The predicted molar refractivity (Wildman–Crippen MR) is 86.2 cm³/mol. The average molecular weight is 402 g/mol. The number of aromatic hydroxyl groups is 1. The van der Waals surface area contributed by atoms with Crippen molar-refractivity contribution in [3.63, 3.8) is 0 Å². The maximum Gasteiger partial charge on any atom is 0.260 e. The highest BCUT2D eigenvalue weighted by Crippen LogP contribution is 2.34. The van der Waals surface area contributed by atoms with Gasteiger partial charge < -0.3 is 10.1 Å². The number of H-pyrrole nitrogens is 1. The van der Waals surface area contributed by atoms with Gasteiger partial charge in [0.05, 0.1) is 22.3 Å². The Labute approximate surface area is 132 Å². The molecule has 0 atom stereocenters. The fourth-order valence-corrected chi connectivity index (χ4v) is 2.72. The van der Waals surface area contributed by atoms with Gasteiger partial charge in [-0.25, -0.2) is 0 Å². The van der Waals surface area contributed by atoms with E-state index in [9.17, 15) is 9.90 Å². The van der Waals surface area contributed by atoms with Gasteiger partial charge in [0.15, 0.2) is 0 Å². The summed E-state index contributed by atoms with van der Waals surface area (Å²) in [4.78, 5) is 14.9. The average Bonchev–Trinajstić information content (AvgIpc) is 2.79. The third-order valence-corrected chi connectivity index (χ3v) is 4.55. The second-order valence-electron chi connectivity index (χ2n) is 4.39. The summed E-state index contributed by atoms with van der Waals surface area (Å²) in [5.41, 5.74) is 0.910. The zero-order valence-electron chi connectivity index (χ0n) is 10.3. The van der Waals surface area contributed by atoms with Gasteiger partial charge in [0, 0.05) is 27.8 Å². The fraction of sp³-hybridized carbons (Fsp3) is 0.0769. The van der Waals surface area contributed by atoms with Gasteiger partial charge in [-0.1, -0.05) is 11.6 Å². The van der Waals surface area contributed by atoms with Crippen LogP contribution >= 0.6 is 34.2 Å². The molecule has 0 aliphatic carbocycles. The Morgan fingerprint density at radius 2 is 2.20 bits per heavy atom. The molecule has 0 aliphatic heterocycles. The number of pyridine rings is 1. The number of aryl methyl sites for hydroxylation is 1. The number of hydrogen-bond donors (Lipinski definition) is 2. The van der Waals surface area contributed by atoms with E-state index < -0.39 is 0 Å². The highest BCUT2D eigenvalue weighted by atomic mass is 127. The van der Waals surface area contributed by atoms with Gasteiger partial charge in [-0.3, -0.25) is 9.48 Å². The van der Waals surface area contributed by atoms with Crippen molar-refractivity contribution >= 4 is 45.1 Å². The molecule has 3 rings (SSSR count). The van der Waals surface area contributed by atoms with Crippen LogP contribution in [0.2, 0.25) is 5.02 Å². The molecule has 3 aromatic rings. The smallest absolute Gasteiger partial charge is 0.260 e. The monoisotopic (exact) mass is 401 g/mol. The van der Waals surface area contributed by atoms with Crippen molar-refractivity contribution in [2.45, 2.75) is 0 Å². The Hall–Kier alpha value is -1.54. The van der Waals surface area contributed by atoms with E-state index >= 15 is 0 Å². The number of rotatable bonds is 1. The number of halogens is 2. The molecule has 0 saturated carbocycles. The molecule has 5 nitrogen and oxygen atoms in total. The number of benzene rings is 1. The van der Waals surface area contributed by atoms with Crippen LogP contribution in [0.15, 0.2) is 29.3 Å². The van der Waals surface area contributed by atoms with Crippen LogP contribution in [0.1, 0.15) is 0 Å². The molecule has 7 heteroatoms. The molecule has 0 bridgehead atoms. The molecule has 0 aliphatic rings. The van der Waals surface area contributed by atoms with Gasteiger partial charge in [0.2, 0.25) is 0 Å². The molecule has 2 aromatic heterocycles. The number of aromatic amines is 1. The van der Waals surface area contributed by atoms with Gasteiger partial charge in [-0.15, -0.1) is 0 Å². The third kappa shape index (κ3) is 2.08. The lowest BCUT2D eigenvalue weighted by Crippen LogP contribution is -2.09. The SMILES string of the molecule is Cn1cc(-c2c(O)c3cc(I)c(Cl)cc3[nH]c2=O)cn1. The number of hydrogen-bond acceptors (Lipinski definition) is 3. The van der Waals surface area contributed by atoms with E-state index in [2.05, 4.69) is 32.7 Å². The lowest BCUT2D eigenvalue weighted by atomic mass is 10.1. The predicted octanol–water partition coefficient (Wildman–Crippen LogP) is 2.89. The van der Waals surface area contributed by atoms with Crippen molar-refractivity contribution in [3.8, 4) is 16.9 Å². The van der Waals surface area contributed by atoms with Gasteiger partial charge in [-0.2, -0.15) is 5.10 Å². The lowest BCUT2D eigenvalue weighted by Gasteiger charge is -2.07. The number of fused-ring (bicyclic) bond motifs is 1.